The number of halogens is 4. The largest absolute Gasteiger partial charge is 0.490 e. The van der Waals surface area contributed by atoms with Crippen molar-refractivity contribution >= 4 is 5.97 Å². The lowest BCUT2D eigenvalue weighted by Crippen LogP contribution is -2.47. The average molecular weight is 566 g/mol. The van der Waals surface area contributed by atoms with E-state index in [-0.39, 0.29) is 17.7 Å². The first kappa shape index (κ1) is 30.7. The Bertz CT molecular complexity index is 1420. The molecule has 2 aromatic carbocycles. The fourth-order valence-corrected chi connectivity index (χ4v) is 4.38. The summed E-state index contributed by atoms with van der Waals surface area (Å²) in [6, 6.07) is 15.0. The van der Waals surface area contributed by atoms with Crippen LogP contribution < -0.4 is 22.3 Å². The van der Waals surface area contributed by atoms with Gasteiger partial charge in [0.05, 0.1) is 12.1 Å². The highest BCUT2D eigenvalue weighted by Gasteiger charge is 2.38. The van der Waals surface area contributed by atoms with Crippen molar-refractivity contribution in [2.24, 2.45) is 5.73 Å². The lowest BCUT2D eigenvalue weighted by Gasteiger charge is -2.28. The quantitative estimate of drug-likeness (QED) is 0.376. The maximum atomic E-state index is 14.7. The Hall–Kier alpha value is -3.81. The van der Waals surface area contributed by atoms with E-state index in [1.54, 1.807) is 29.7 Å². The molecule has 4 rings (SSSR count). The van der Waals surface area contributed by atoms with E-state index in [9.17, 15) is 27.2 Å². The summed E-state index contributed by atoms with van der Waals surface area (Å²) in [6.07, 6.45) is -5.08. The van der Waals surface area contributed by atoms with Crippen LogP contribution in [-0.2, 0) is 17.9 Å². The van der Waals surface area contributed by atoms with Crippen molar-refractivity contribution in [3.05, 3.63) is 92.5 Å². The molecule has 4 N–H and O–H groups in total. The summed E-state index contributed by atoms with van der Waals surface area (Å²) in [5, 5.41) is 10.4. The van der Waals surface area contributed by atoms with E-state index in [2.05, 4.69) is 10.2 Å². The highest BCUT2D eigenvalue weighted by atomic mass is 19.4. The highest BCUT2D eigenvalue weighted by Crippen LogP contribution is 2.22. The number of carbonyl (C=O) groups is 1. The van der Waals surface area contributed by atoms with Crippen LogP contribution in [0.3, 0.4) is 0 Å². The molecule has 0 amide bonds. The highest BCUT2D eigenvalue weighted by molar-refractivity contribution is 5.73. The zero-order valence-electron chi connectivity index (χ0n) is 21.8. The Balaban J connectivity index is 0.000000559. The van der Waals surface area contributed by atoms with E-state index >= 15 is 0 Å². The van der Waals surface area contributed by atoms with E-state index < -0.39 is 35.3 Å². The predicted octanol–water partition coefficient (Wildman–Crippen LogP) is 2.36. The molecule has 0 aliphatic carbocycles. The standard InChI is InChI=1S/C25H30FN5O2.C2HF3O2/c1-18-23(20-9-5-6-10-21(20)26)24(32)31(17-22(27)19-7-3-2-4-8-19)25(33)30(18)16-15-29-13-11-28-12-14-29;3-2(4,5)1(6)7/h2-10,22,28H,11-17,27H2,1H3;(H,6,7)/t22-;/m0./s1. The summed E-state index contributed by atoms with van der Waals surface area (Å²) in [7, 11) is 0. The molecular formula is C27H31F4N5O4. The molecule has 1 aliphatic rings. The topological polar surface area (TPSA) is 123 Å². The molecule has 1 atom stereocenters. The van der Waals surface area contributed by atoms with Crippen LogP contribution in [0.15, 0.2) is 64.2 Å². The minimum Gasteiger partial charge on any atom is -0.475 e. The normalized spacial score (nSPS) is 14.8. The first-order chi connectivity index (χ1) is 18.9. The molecule has 216 valence electrons. The minimum absolute atomic E-state index is 0.0110. The summed E-state index contributed by atoms with van der Waals surface area (Å²) in [6.45, 7) is 6.40. The Morgan fingerprint density at radius 3 is 2.15 bits per heavy atom. The molecule has 13 heteroatoms. The number of aromatic nitrogens is 2. The SMILES string of the molecule is Cc1c(-c2ccccc2F)c(=O)n(C[C@H](N)c2ccccc2)c(=O)n1CCN1CCNCC1.O=C(O)C(F)(F)F. The average Bonchev–Trinajstić information content (AvgIpc) is 2.93. The van der Waals surface area contributed by atoms with Gasteiger partial charge in [-0.1, -0.05) is 48.5 Å². The number of aliphatic carboxylic acids is 1. The fraction of sp³-hybridized carbons (Fsp3) is 0.370. The molecule has 1 aliphatic heterocycles. The first-order valence-corrected chi connectivity index (χ1v) is 12.5. The van der Waals surface area contributed by atoms with Crippen molar-refractivity contribution < 1.29 is 27.5 Å². The zero-order chi connectivity index (χ0) is 29.4. The number of alkyl halides is 3. The Kier molecular flexibility index (Phi) is 10.4. The monoisotopic (exact) mass is 565 g/mol. The smallest absolute Gasteiger partial charge is 0.475 e. The molecule has 1 saturated heterocycles. The summed E-state index contributed by atoms with van der Waals surface area (Å²) in [5.74, 6) is -3.25. The Labute approximate surface area is 227 Å². The van der Waals surface area contributed by atoms with Gasteiger partial charge in [-0.3, -0.25) is 18.8 Å². The number of hydrogen-bond donors (Lipinski definition) is 3. The van der Waals surface area contributed by atoms with E-state index in [0.717, 1.165) is 36.3 Å². The molecule has 0 unspecified atom stereocenters. The zero-order valence-corrected chi connectivity index (χ0v) is 21.8. The second kappa shape index (κ2) is 13.5. The van der Waals surface area contributed by atoms with Gasteiger partial charge in [-0.15, -0.1) is 0 Å². The van der Waals surface area contributed by atoms with E-state index in [1.165, 1.54) is 6.07 Å². The molecule has 0 spiro atoms. The van der Waals surface area contributed by atoms with Crippen LogP contribution in [0.25, 0.3) is 11.1 Å². The fourth-order valence-electron chi connectivity index (χ4n) is 4.38. The lowest BCUT2D eigenvalue weighted by molar-refractivity contribution is -0.192. The van der Waals surface area contributed by atoms with Crippen LogP contribution in [0.1, 0.15) is 17.3 Å². The van der Waals surface area contributed by atoms with Crippen molar-refractivity contribution in [3.8, 4) is 11.1 Å². The predicted molar refractivity (Wildman–Crippen MR) is 141 cm³/mol. The number of carboxylic acids is 1. The van der Waals surface area contributed by atoms with Crippen molar-refractivity contribution in [2.45, 2.75) is 32.2 Å². The number of piperazine rings is 1. The van der Waals surface area contributed by atoms with Crippen molar-refractivity contribution in [2.75, 3.05) is 32.7 Å². The lowest BCUT2D eigenvalue weighted by atomic mass is 10.0. The van der Waals surface area contributed by atoms with Crippen molar-refractivity contribution in [1.82, 2.24) is 19.4 Å². The molecule has 9 nitrogen and oxygen atoms in total. The number of nitrogens with one attached hydrogen (secondary N) is 1. The van der Waals surface area contributed by atoms with Crippen molar-refractivity contribution in [1.29, 1.82) is 0 Å². The van der Waals surface area contributed by atoms with Crippen LogP contribution in [0.4, 0.5) is 17.6 Å². The molecule has 2 heterocycles. The Morgan fingerprint density at radius 2 is 1.57 bits per heavy atom. The molecule has 40 heavy (non-hydrogen) atoms. The summed E-state index contributed by atoms with van der Waals surface area (Å²) in [4.78, 5) is 38.1. The second-order valence-corrected chi connectivity index (χ2v) is 9.20. The van der Waals surface area contributed by atoms with Gasteiger partial charge in [0.1, 0.15) is 5.82 Å². The van der Waals surface area contributed by atoms with Gasteiger partial charge in [0.15, 0.2) is 0 Å². The van der Waals surface area contributed by atoms with Gasteiger partial charge in [-0.2, -0.15) is 13.2 Å². The molecule has 1 aromatic heterocycles. The molecule has 1 fully saturated rings. The third-order valence-electron chi connectivity index (χ3n) is 6.53. The van der Waals surface area contributed by atoms with Crippen molar-refractivity contribution in [3.63, 3.8) is 0 Å². The van der Waals surface area contributed by atoms with E-state index in [1.807, 2.05) is 30.3 Å². The first-order valence-electron chi connectivity index (χ1n) is 12.5. The van der Waals surface area contributed by atoms with Gasteiger partial charge in [-0.05, 0) is 18.6 Å². The number of benzene rings is 2. The van der Waals surface area contributed by atoms with Gasteiger partial charge in [-0.25, -0.2) is 14.0 Å². The number of nitrogens with two attached hydrogens (primary N) is 1. The number of nitrogens with zero attached hydrogens (tertiary/aromatic N) is 3. The molecule has 0 saturated carbocycles. The summed E-state index contributed by atoms with van der Waals surface area (Å²) >= 11 is 0. The van der Waals surface area contributed by atoms with Gasteiger partial charge in [0, 0.05) is 56.6 Å². The Morgan fingerprint density at radius 1 is 1.00 bits per heavy atom. The summed E-state index contributed by atoms with van der Waals surface area (Å²) < 4.78 is 49.2. The third-order valence-corrected chi connectivity index (χ3v) is 6.53. The van der Waals surface area contributed by atoms with Gasteiger partial charge in [0.25, 0.3) is 5.56 Å². The number of rotatable bonds is 7. The summed E-state index contributed by atoms with van der Waals surface area (Å²) in [5.41, 5.74) is 7.11. The molecule has 3 aromatic rings. The molecule has 0 radical (unpaired) electrons. The van der Waals surface area contributed by atoms with Gasteiger partial charge >= 0.3 is 17.8 Å². The minimum atomic E-state index is -5.08. The van der Waals surface area contributed by atoms with Crippen LogP contribution >= 0.6 is 0 Å². The van der Waals surface area contributed by atoms with E-state index in [0.29, 0.717) is 18.8 Å². The second-order valence-electron chi connectivity index (χ2n) is 9.20. The van der Waals surface area contributed by atoms with E-state index in [4.69, 9.17) is 15.6 Å². The number of hydrogen-bond acceptors (Lipinski definition) is 6. The van der Waals surface area contributed by atoms with Crippen LogP contribution in [0.2, 0.25) is 0 Å². The van der Waals surface area contributed by atoms with Crippen LogP contribution in [-0.4, -0.2) is 64.0 Å². The van der Waals surface area contributed by atoms with Gasteiger partial charge < -0.3 is 16.2 Å². The maximum Gasteiger partial charge on any atom is 0.490 e. The molecule has 0 bridgehead atoms. The van der Waals surface area contributed by atoms with Crippen LogP contribution in [0, 0.1) is 12.7 Å². The number of carboxylic acid groups (broad SMARTS) is 1. The maximum absolute atomic E-state index is 14.7. The van der Waals surface area contributed by atoms with Gasteiger partial charge in [0.2, 0.25) is 0 Å². The third kappa shape index (κ3) is 7.64. The molecular weight excluding hydrogens is 534 g/mol. The van der Waals surface area contributed by atoms with Crippen LogP contribution in [0.5, 0.6) is 0 Å².